The highest BCUT2D eigenvalue weighted by molar-refractivity contribution is 5.11. The minimum atomic E-state index is 0.639. The number of rotatable bonds is 7. The van der Waals surface area contributed by atoms with Gasteiger partial charge in [-0.2, -0.15) is 0 Å². The minimum Gasteiger partial charge on any atom is -0.314 e. The monoisotopic (exact) mass is 274 g/mol. The molecule has 1 heterocycles. The van der Waals surface area contributed by atoms with Gasteiger partial charge in [-0.25, -0.2) is 0 Å². The second-order valence-corrected chi connectivity index (χ2v) is 6.30. The van der Waals surface area contributed by atoms with Crippen molar-refractivity contribution in [3.05, 3.63) is 30.1 Å². The Morgan fingerprint density at radius 3 is 2.50 bits per heavy atom. The van der Waals surface area contributed by atoms with E-state index in [1.807, 2.05) is 12.4 Å². The molecule has 20 heavy (non-hydrogen) atoms. The molecule has 1 saturated carbocycles. The van der Waals surface area contributed by atoms with Crippen molar-refractivity contribution in [3.63, 3.8) is 0 Å². The SMILES string of the molecule is CCCNC(Cc1ccncc1)CC1CCCCCC1. The van der Waals surface area contributed by atoms with Crippen molar-refractivity contribution in [2.75, 3.05) is 6.54 Å². The maximum absolute atomic E-state index is 4.12. The fourth-order valence-electron chi connectivity index (χ4n) is 3.39. The van der Waals surface area contributed by atoms with Gasteiger partial charge in [0.2, 0.25) is 0 Å². The summed E-state index contributed by atoms with van der Waals surface area (Å²) in [7, 11) is 0. The molecule has 0 radical (unpaired) electrons. The number of nitrogens with one attached hydrogen (secondary N) is 1. The number of nitrogens with zero attached hydrogens (tertiary/aromatic N) is 1. The molecule has 1 aromatic rings. The van der Waals surface area contributed by atoms with E-state index in [-0.39, 0.29) is 0 Å². The molecule has 1 aliphatic rings. The standard InChI is InChI=1S/C18H30N2/c1-2-11-20-18(15-17-9-12-19-13-10-17)14-16-7-5-3-4-6-8-16/h9-10,12-13,16,18,20H,2-8,11,14-15H2,1H3. The van der Waals surface area contributed by atoms with Crippen LogP contribution in [0.1, 0.15) is 63.9 Å². The van der Waals surface area contributed by atoms with E-state index in [2.05, 4.69) is 29.4 Å². The van der Waals surface area contributed by atoms with Crippen LogP contribution in [0.4, 0.5) is 0 Å². The van der Waals surface area contributed by atoms with E-state index >= 15 is 0 Å². The second-order valence-electron chi connectivity index (χ2n) is 6.30. The molecule has 112 valence electrons. The molecule has 0 spiro atoms. The van der Waals surface area contributed by atoms with Crippen LogP contribution in [0.5, 0.6) is 0 Å². The van der Waals surface area contributed by atoms with Crippen molar-refractivity contribution in [1.82, 2.24) is 10.3 Å². The highest BCUT2D eigenvalue weighted by Gasteiger charge is 2.18. The topological polar surface area (TPSA) is 24.9 Å². The Morgan fingerprint density at radius 2 is 1.85 bits per heavy atom. The number of pyridine rings is 1. The molecule has 0 aromatic carbocycles. The van der Waals surface area contributed by atoms with E-state index in [0.29, 0.717) is 6.04 Å². The molecular weight excluding hydrogens is 244 g/mol. The molecule has 0 amide bonds. The quantitative estimate of drug-likeness (QED) is 0.748. The summed E-state index contributed by atoms with van der Waals surface area (Å²) in [5.41, 5.74) is 1.42. The van der Waals surface area contributed by atoms with Crippen LogP contribution in [0.3, 0.4) is 0 Å². The van der Waals surface area contributed by atoms with Gasteiger partial charge in [0.25, 0.3) is 0 Å². The molecule has 0 bridgehead atoms. The lowest BCUT2D eigenvalue weighted by atomic mass is 9.90. The van der Waals surface area contributed by atoms with Crippen LogP contribution in [0.15, 0.2) is 24.5 Å². The Kier molecular flexibility index (Phi) is 7.07. The average Bonchev–Trinajstić information content (AvgIpc) is 2.74. The van der Waals surface area contributed by atoms with Crippen LogP contribution in [0.25, 0.3) is 0 Å². The molecule has 1 fully saturated rings. The van der Waals surface area contributed by atoms with Crippen molar-refractivity contribution >= 4 is 0 Å². The zero-order valence-electron chi connectivity index (χ0n) is 13.0. The van der Waals surface area contributed by atoms with Crippen LogP contribution in [-0.4, -0.2) is 17.6 Å². The third-order valence-electron chi connectivity index (χ3n) is 4.51. The predicted molar refractivity (Wildman–Crippen MR) is 85.8 cm³/mol. The minimum absolute atomic E-state index is 0.639. The molecule has 0 saturated heterocycles. The van der Waals surface area contributed by atoms with Gasteiger partial charge < -0.3 is 5.32 Å². The van der Waals surface area contributed by atoms with Gasteiger partial charge in [0, 0.05) is 18.4 Å². The van der Waals surface area contributed by atoms with E-state index < -0.39 is 0 Å². The fraction of sp³-hybridized carbons (Fsp3) is 0.722. The summed E-state index contributed by atoms with van der Waals surface area (Å²) in [6, 6.07) is 4.96. The van der Waals surface area contributed by atoms with Gasteiger partial charge in [-0.3, -0.25) is 4.98 Å². The van der Waals surface area contributed by atoms with Gasteiger partial charge in [-0.1, -0.05) is 45.4 Å². The first-order valence-electron chi connectivity index (χ1n) is 8.50. The lowest BCUT2D eigenvalue weighted by molar-refractivity contribution is 0.349. The Balaban J connectivity index is 1.88. The maximum atomic E-state index is 4.12. The zero-order chi connectivity index (χ0) is 14.0. The Labute approximate surface area is 124 Å². The van der Waals surface area contributed by atoms with Gasteiger partial charge in [0.15, 0.2) is 0 Å². The van der Waals surface area contributed by atoms with Crippen LogP contribution in [0, 0.1) is 5.92 Å². The maximum Gasteiger partial charge on any atom is 0.0270 e. The number of aromatic nitrogens is 1. The van der Waals surface area contributed by atoms with Crippen LogP contribution in [0.2, 0.25) is 0 Å². The molecular formula is C18H30N2. The Hall–Kier alpha value is -0.890. The molecule has 2 heteroatoms. The van der Waals surface area contributed by atoms with Crippen molar-refractivity contribution in [3.8, 4) is 0 Å². The largest absolute Gasteiger partial charge is 0.314 e. The smallest absolute Gasteiger partial charge is 0.0270 e. The molecule has 1 unspecified atom stereocenters. The normalized spacial score (nSPS) is 18.6. The first-order chi connectivity index (χ1) is 9.88. The van der Waals surface area contributed by atoms with E-state index in [1.165, 1.54) is 56.9 Å². The first-order valence-corrected chi connectivity index (χ1v) is 8.50. The van der Waals surface area contributed by atoms with Crippen molar-refractivity contribution < 1.29 is 0 Å². The first kappa shape index (κ1) is 15.5. The van der Waals surface area contributed by atoms with Gasteiger partial charge in [0.05, 0.1) is 0 Å². The van der Waals surface area contributed by atoms with Crippen LogP contribution < -0.4 is 5.32 Å². The molecule has 2 rings (SSSR count). The fourth-order valence-corrected chi connectivity index (χ4v) is 3.39. The third kappa shape index (κ3) is 5.62. The number of hydrogen-bond donors (Lipinski definition) is 1. The third-order valence-corrected chi connectivity index (χ3v) is 4.51. The van der Waals surface area contributed by atoms with Crippen molar-refractivity contribution in [2.45, 2.75) is 70.8 Å². The van der Waals surface area contributed by atoms with E-state index in [4.69, 9.17) is 0 Å². The highest BCUT2D eigenvalue weighted by atomic mass is 14.9. The molecule has 1 atom stereocenters. The summed E-state index contributed by atoms with van der Waals surface area (Å²) >= 11 is 0. The summed E-state index contributed by atoms with van der Waals surface area (Å²) in [4.78, 5) is 4.12. The average molecular weight is 274 g/mol. The van der Waals surface area contributed by atoms with E-state index in [0.717, 1.165) is 18.9 Å². The Morgan fingerprint density at radius 1 is 1.15 bits per heavy atom. The van der Waals surface area contributed by atoms with Gasteiger partial charge in [0.1, 0.15) is 0 Å². The molecule has 0 aliphatic heterocycles. The second kappa shape index (κ2) is 9.12. The summed E-state index contributed by atoms with van der Waals surface area (Å²) in [6.07, 6.45) is 16.2. The zero-order valence-corrected chi connectivity index (χ0v) is 13.0. The lowest BCUT2D eigenvalue weighted by Crippen LogP contribution is -2.33. The van der Waals surface area contributed by atoms with E-state index in [1.54, 1.807) is 0 Å². The lowest BCUT2D eigenvalue weighted by Gasteiger charge is -2.24. The summed E-state index contributed by atoms with van der Waals surface area (Å²) in [5, 5.41) is 3.77. The summed E-state index contributed by atoms with van der Waals surface area (Å²) in [5.74, 6) is 0.939. The summed E-state index contributed by atoms with van der Waals surface area (Å²) < 4.78 is 0. The predicted octanol–water partition coefficient (Wildman–Crippen LogP) is 4.35. The van der Waals surface area contributed by atoms with Gasteiger partial charge in [-0.15, -0.1) is 0 Å². The van der Waals surface area contributed by atoms with Crippen LogP contribution in [-0.2, 0) is 6.42 Å². The van der Waals surface area contributed by atoms with Crippen molar-refractivity contribution in [2.24, 2.45) is 5.92 Å². The molecule has 1 aliphatic carbocycles. The molecule has 2 nitrogen and oxygen atoms in total. The summed E-state index contributed by atoms with van der Waals surface area (Å²) in [6.45, 7) is 3.39. The van der Waals surface area contributed by atoms with E-state index in [9.17, 15) is 0 Å². The highest BCUT2D eigenvalue weighted by Crippen LogP contribution is 2.27. The van der Waals surface area contributed by atoms with Crippen LogP contribution >= 0.6 is 0 Å². The molecule has 1 N–H and O–H groups in total. The van der Waals surface area contributed by atoms with Gasteiger partial charge >= 0.3 is 0 Å². The van der Waals surface area contributed by atoms with Gasteiger partial charge in [-0.05, 0) is 49.4 Å². The molecule has 1 aromatic heterocycles. The van der Waals surface area contributed by atoms with Crippen molar-refractivity contribution in [1.29, 1.82) is 0 Å². The Bertz CT molecular complexity index is 342. The number of hydrogen-bond acceptors (Lipinski definition) is 2.